The minimum Gasteiger partial charge on any atom is -0.369 e. The molecule has 0 bridgehead atoms. The highest BCUT2D eigenvalue weighted by Gasteiger charge is 2.20. The van der Waals surface area contributed by atoms with E-state index < -0.39 is 0 Å². The van der Waals surface area contributed by atoms with Crippen LogP contribution in [0, 0.1) is 5.92 Å². The van der Waals surface area contributed by atoms with Gasteiger partial charge in [-0.1, -0.05) is 6.92 Å². The van der Waals surface area contributed by atoms with Crippen molar-refractivity contribution in [3.63, 3.8) is 0 Å². The molecule has 2 N–H and O–H groups in total. The summed E-state index contributed by atoms with van der Waals surface area (Å²) >= 11 is 3.42. The highest BCUT2D eigenvalue weighted by atomic mass is 79.9. The number of nitrogens with two attached hydrogens (primary N) is 1. The van der Waals surface area contributed by atoms with E-state index in [1.54, 1.807) is 6.20 Å². The van der Waals surface area contributed by atoms with Crippen LogP contribution >= 0.6 is 15.9 Å². The van der Waals surface area contributed by atoms with Gasteiger partial charge in [0.25, 0.3) is 0 Å². The average molecular weight is 338 g/mol. The largest absolute Gasteiger partial charge is 0.369 e. The van der Waals surface area contributed by atoms with Crippen LogP contribution in [0.25, 0.3) is 11.2 Å². The monoisotopic (exact) mass is 337 g/mol. The van der Waals surface area contributed by atoms with Crippen molar-refractivity contribution in [3.8, 4) is 0 Å². The summed E-state index contributed by atoms with van der Waals surface area (Å²) in [5.41, 5.74) is 7.82. The molecule has 2 aromatic heterocycles. The van der Waals surface area contributed by atoms with Gasteiger partial charge in [-0.3, -0.25) is 4.57 Å². The molecular weight excluding hydrogens is 318 g/mol. The van der Waals surface area contributed by atoms with Gasteiger partial charge in [0.2, 0.25) is 5.95 Å². The normalized spacial score (nSPS) is 17.9. The summed E-state index contributed by atoms with van der Waals surface area (Å²) in [6.45, 7) is 6.68. The van der Waals surface area contributed by atoms with Gasteiger partial charge in [0.15, 0.2) is 5.65 Å². The number of nitrogen functional groups attached to an aromatic ring is 1. The lowest BCUT2D eigenvalue weighted by Crippen LogP contribution is -2.34. The van der Waals surface area contributed by atoms with E-state index in [2.05, 4.69) is 42.3 Å². The number of fused-ring (bicyclic) bond motifs is 1. The first-order valence-electron chi connectivity index (χ1n) is 7.17. The van der Waals surface area contributed by atoms with Crippen LogP contribution in [0.15, 0.2) is 16.7 Å². The van der Waals surface area contributed by atoms with Crippen molar-refractivity contribution in [2.24, 2.45) is 5.92 Å². The lowest BCUT2D eigenvalue weighted by Gasteiger charge is -2.31. The van der Waals surface area contributed by atoms with Crippen LogP contribution in [0.1, 0.15) is 19.8 Å². The smallest absolute Gasteiger partial charge is 0.202 e. The van der Waals surface area contributed by atoms with Gasteiger partial charge in [-0.05, 0) is 60.4 Å². The van der Waals surface area contributed by atoms with Gasteiger partial charge in [0, 0.05) is 17.2 Å². The number of hydrogen-bond acceptors (Lipinski definition) is 4. The lowest BCUT2D eigenvalue weighted by atomic mass is 9.97. The molecule has 0 spiro atoms. The maximum absolute atomic E-state index is 6.06. The van der Waals surface area contributed by atoms with Crippen LogP contribution in [0.5, 0.6) is 0 Å². The number of anilines is 1. The van der Waals surface area contributed by atoms with Crippen molar-refractivity contribution in [1.82, 2.24) is 19.4 Å². The third-order valence-corrected chi connectivity index (χ3v) is 4.61. The predicted octanol–water partition coefficient (Wildman–Crippen LogP) is 2.51. The van der Waals surface area contributed by atoms with E-state index >= 15 is 0 Å². The molecule has 0 amide bonds. The van der Waals surface area contributed by atoms with Gasteiger partial charge in [0.1, 0.15) is 5.52 Å². The zero-order valence-electron chi connectivity index (χ0n) is 11.7. The standard InChI is InChI=1S/C14H20BrN5/c1-2-19-5-3-10(4-6-19)9-20-13-12(18-14(20)16)7-11(15)8-17-13/h7-8,10H,2-6,9H2,1H3,(H2,16,18). The van der Waals surface area contributed by atoms with E-state index in [0.29, 0.717) is 11.9 Å². The molecule has 3 rings (SSSR count). The molecule has 3 heterocycles. The summed E-state index contributed by atoms with van der Waals surface area (Å²) in [5.74, 6) is 1.24. The number of nitrogens with zero attached hydrogens (tertiary/aromatic N) is 4. The number of likely N-dealkylation sites (tertiary alicyclic amines) is 1. The summed E-state index contributed by atoms with van der Waals surface area (Å²) in [5, 5.41) is 0. The van der Waals surface area contributed by atoms with Crippen LogP contribution < -0.4 is 5.73 Å². The summed E-state index contributed by atoms with van der Waals surface area (Å²) < 4.78 is 3.00. The van der Waals surface area contributed by atoms with Crippen molar-refractivity contribution in [2.75, 3.05) is 25.4 Å². The molecule has 0 aliphatic carbocycles. The number of imidazole rings is 1. The Morgan fingerprint density at radius 1 is 1.40 bits per heavy atom. The van der Waals surface area contributed by atoms with E-state index in [4.69, 9.17) is 5.73 Å². The number of pyridine rings is 1. The second kappa shape index (κ2) is 5.69. The van der Waals surface area contributed by atoms with Crippen LogP contribution in [0.4, 0.5) is 5.95 Å². The molecule has 6 heteroatoms. The van der Waals surface area contributed by atoms with Gasteiger partial charge in [-0.2, -0.15) is 0 Å². The highest BCUT2D eigenvalue weighted by molar-refractivity contribution is 9.10. The third kappa shape index (κ3) is 2.67. The van der Waals surface area contributed by atoms with E-state index in [1.165, 1.54) is 25.9 Å². The summed E-state index contributed by atoms with van der Waals surface area (Å²) in [7, 11) is 0. The molecule has 0 aromatic carbocycles. The molecule has 5 nitrogen and oxygen atoms in total. The van der Waals surface area contributed by atoms with Crippen molar-refractivity contribution in [1.29, 1.82) is 0 Å². The minimum atomic E-state index is 0.573. The van der Waals surface area contributed by atoms with Gasteiger partial charge >= 0.3 is 0 Å². The topological polar surface area (TPSA) is 60.0 Å². The lowest BCUT2D eigenvalue weighted by molar-refractivity contribution is 0.182. The van der Waals surface area contributed by atoms with E-state index in [9.17, 15) is 0 Å². The van der Waals surface area contributed by atoms with Crippen LogP contribution in [0.2, 0.25) is 0 Å². The second-order valence-corrected chi connectivity index (χ2v) is 6.37. The number of halogens is 1. The molecule has 2 aromatic rings. The van der Waals surface area contributed by atoms with Crippen LogP contribution in [-0.4, -0.2) is 39.1 Å². The Labute approximate surface area is 127 Å². The summed E-state index contributed by atoms with van der Waals surface area (Å²) in [6.07, 6.45) is 4.26. The molecule has 0 saturated carbocycles. The molecular formula is C14H20BrN5. The first-order chi connectivity index (χ1) is 9.67. The Kier molecular flexibility index (Phi) is 3.94. The fourth-order valence-electron chi connectivity index (χ4n) is 2.93. The van der Waals surface area contributed by atoms with Gasteiger partial charge in [-0.25, -0.2) is 9.97 Å². The molecule has 1 saturated heterocycles. The van der Waals surface area contributed by atoms with Gasteiger partial charge in [-0.15, -0.1) is 0 Å². The fraction of sp³-hybridized carbons (Fsp3) is 0.571. The first-order valence-corrected chi connectivity index (χ1v) is 7.96. The molecule has 0 unspecified atom stereocenters. The molecule has 0 atom stereocenters. The van der Waals surface area contributed by atoms with Crippen molar-refractivity contribution < 1.29 is 0 Å². The van der Waals surface area contributed by atoms with Crippen molar-refractivity contribution >= 4 is 33.0 Å². The minimum absolute atomic E-state index is 0.573. The maximum atomic E-state index is 6.06. The Hall–Kier alpha value is -1.14. The third-order valence-electron chi connectivity index (χ3n) is 4.18. The van der Waals surface area contributed by atoms with Crippen molar-refractivity contribution in [3.05, 3.63) is 16.7 Å². The number of aromatic nitrogens is 3. The zero-order chi connectivity index (χ0) is 14.1. The van der Waals surface area contributed by atoms with Gasteiger partial charge < -0.3 is 10.6 Å². The fourth-order valence-corrected chi connectivity index (χ4v) is 3.25. The highest BCUT2D eigenvalue weighted by Crippen LogP contribution is 2.24. The van der Waals surface area contributed by atoms with Crippen LogP contribution in [0.3, 0.4) is 0 Å². The molecule has 0 radical (unpaired) electrons. The Morgan fingerprint density at radius 2 is 2.15 bits per heavy atom. The zero-order valence-corrected chi connectivity index (χ0v) is 13.3. The molecule has 1 aliphatic heterocycles. The first kappa shape index (κ1) is 13.8. The maximum Gasteiger partial charge on any atom is 0.202 e. The predicted molar refractivity (Wildman–Crippen MR) is 84.5 cm³/mol. The summed E-state index contributed by atoms with van der Waals surface area (Å²) in [4.78, 5) is 11.4. The Bertz CT molecular complexity index is 601. The van der Waals surface area contributed by atoms with E-state index in [-0.39, 0.29) is 0 Å². The summed E-state index contributed by atoms with van der Waals surface area (Å²) in [6, 6.07) is 1.97. The van der Waals surface area contributed by atoms with E-state index in [1.807, 2.05) is 6.07 Å². The molecule has 1 aliphatic rings. The molecule has 1 fully saturated rings. The average Bonchev–Trinajstić information content (AvgIpc) is 2.75. The van der Waals surface area contributed by atoms with Gasteiger partial charge in [0.05, 0.1) is 0 Å². The van der Waals surface area contributed by atoms with E-state index in [0.717, 1.165) is 28.7 Å². The van der Waals surface area contributed by atoms with Crippen molar-refractivity contribution in [2.45, 2.75) is 26.3 Å². The Morgan fingerprint density at radius 3 is 2.85 bits per heavy atom. The Balaban J connectivity index is 1.79. The SMILES string of the molecule is CCN1CCC(Cn2c(N)nc3cc(Br)cnc32)CC1. The molecule has 108 valence electrons. The quantitative estimate of drug-likeness (QED) is 0.934. The van der Waals surface area contributed by atoms with Crippen LogP contribution in [-0.2, 0) is 6.54 Å². The number of hydrogen-bond donors (Lipinski definition) is 1. The molecule has 20 heavy (non-hydrogen) atoms. The number of piperidine rings is 1. The number of rotatable bonds is 3. The second-order valence-electron chi connectivity index (χ2n) is 5.45.